The summed E-state index contributed by atoms with van der Waals surface area (Å²) in [6, 6.07) is 7.04. The van der Waals surface area contributed by atoms with E-state index in [1.54, 1.807) is 24.3 Å². The van der Waals surface area contributed by atoms with Crippen LogP contribution >= 0.6 is 12.2 Å². The number of hydrogen-bond acceptors (Lipinski definition) is 6. The predicted molar refractivity (Wildman–Crippen MR) is 156 cm³/mol. The minimum Gasteiger partial charge on any atom is -0.481 e. The van der Waals surface area contributed by atoms with Crippen molar-refractivity contribution in [1.29, 1.82) is 0 Å². The van der Waals surface area contributed by atoms with Gasteiger partial charge in [-0.05, 0) is 128 Å². The highest BCUT2D eigenvalue weighted by atomic mass is 32.1. The Labute approximate surface area is 242 Å². The summed E-state index contributed by atoms with van der Waals surface area (Å²) in [5.41, 5.74) is 0.807. The van der Waals surface area contributed by atoms with Crippen molar-refractivity contribution in [3.63, 3.8) is 0 Å². The first-order valence-electron chi connectivity index (χ1n) is 15.1. The molecule has 4 aliphatic carbocycles. The number of fused-ring (bicyclic) bond motifs is 5. The van der Waals surface area contributed by atoms with E-state index in [2.05, 4.69) is 36.2 Å². The molecule has 0 bridgehead atoms. The zero-order valence-corrected chi connectivity index (χ0v) is 24.7. The number of carboxylic acid groups (broad SMARTS) is 1. The summed E-state index contributed by atoms with van der Waals surface area (Å²) in [6.07, 6.45) is 5.88. The third-order valence-corrected chi connectivity index (χ3v) is 12.1. The van der Waals surface area contributed by atoms with Gasteiger partial charge in [-0.15, -0.1) is 0 Å². The number of aliphatic hydroxyl groups excluding tert-OH is 2. The Morgan fingerprint density at radius 1 is 1.15 bits per heavy atom. The predicted octanol–water partition coefficient (Wildman–Crippen LogP) is 5.62. The van der Waals surface area contributed by atoms with Crippen molar-refractivity contribution in [1.82, 2.24) is 5.32 Å². The molecule has 218 valence electrons. The highest BCUT2D eigenvalue weighted by Crippen LogP contribution is 2.68. The lowest BCUT2D eigenvalue weighted by atomic mass is 9.42. The standard InChI is InChI=1S/C32H44N2O5S/c1-18(7-10-28(37)38)23-8-9-24-29-25(16-27(36)32(23,24)3)31(2)12-11-22(35)14-20(31)15-26(29)34-30(39)19-5-4-6-21(13-19)33-17-40/h4-6,13,18,20,22-27,29,35-36H,7-12,14-16H2,1-3H3,(H,34,39)(H,37,38)/t18-,20+,22-,23-,24?,25+,26+,27+,29+,31+,32-/m1/s1. The third kappa shape index (κ3) is 5.06. The number of carbonyl (C=O) groups excluding carboxylic acids is 1. The van der Waals surface area contributed by atoms with Gasteiger partial charge < -0.3 is 20.6 Å². The first-order valence-corrected chi connectivity index (χ1v) is 15.5. The van der Waals surface area contributed by atoms with Crippen molar-refractivity contribution >= 4 is 34.9 Å². The fraction of sp³-hybridized carbons (Fsp3) is 0.719. The van der Waals surface area contributed by atoms with Crippen LogP contribution in [0.25, 0.3) is 0 Å². The van der Waals surface area contributed by atoms with Gasteiger partial charge in [0.25, 0.3) is 5.91 Å². The Bertz CT molecular complexity index is 1190. The van der Waals surface area contributed by atoms with Crippen molar-refractivity contribution in [3.05, 3.63) is 29.8 Å². The average Bonchev–Trinajstić information content (AvgIpc) is 3.27. The maximum atomic E-state index is 13.7. The van der Waals surface area contributed by atoms with Gasteiger partial charge in [0.1, 0.15) is 0 Å². The molecule has 7 nitrogen and oxygen atoms in total. The van der Waals surface area contributed by atoms with E-state index in [4.69, 9.17) is 12.2 Å². The zero-order valence-electron chi connectivity index (χ0n) is 23.9. The Morgan fingerprint density at radius 2 is 1.93 bits per heavy atom. The van der Waals surface area contributed by atoms with Crippen molar-refractivity contribution in [2.45, 2.75) is 96.8 Å². The number of aliphatic hydroxyl groups is 2. The van der Waals surface area contributed by atoms with Crippen LogP contribution in [0.2, 0.25) is 0 Å². The Balaban J connectivity index is 1.48. The summed E-state index contributed by atoms with van der Waals surface area (Å²) in [5, 5.41) is 37.6. The summed E-state index contributed by atoms with van der Waals surface area (Å²) in [7, 11) is 0. The highest BCUT2D eigenvalue weighted by molar-refractivity contribution is 7.78. The van der Waals surface area contributed by atoms with Crippen molar-refractivity contribution in [2.75, 3.05) is 0 Å². The number of benzene rings is 1. The monoisotopic (exact) mass is 568 g/mol. The molecule has 8 heteroatoms. The van der Waals surface area contributed by atoms with E-state index >= 15 is 0 Å². The Hall–Kier alpha value is -2.12. The fourth-order valence-electron chi connectivity index (χ4n) is 9.90. The quantitative estimate of drug-likeness (QED) is 0.250. The Morgan fingerprint density at radius 3 is 2.65 bits per heavy atom. The second-order valence-corrected chi connectivity index (χ2v) is 13.9. The third-order valence-electron chi connectivity index (χ3n) is 12.0. The van der Waals surface area contributed by atoms with E-state index in [-0.39, 0.29) is 70.8 Å². The number of amides is 1. The SMILES string of the molecule is C[C@H](CCC(=O)O)[C@H]1CCC2[C@@H]3[C@@H](NC(=O)c4cccc(N=C=S)c4)C[C@@H]4C[C@H](O)CC[C@]4(C)[C@H]3C[C@H](O)[C@@]21C. The first kappa shape index (κ1) is 29.4. The van der Waals surface area contributed by atoms with Crippen LogP contribution < -0.4 is 5.32 Å². The molecule has 1 aromatic carbocycles. The van der Waals surface area contributed by atoms with Crippen LogP contribution in [-0.2, 0) is 4.79 Å². The lowest BCUT2D eigenvalue weighted by molar-refractivity contribution is -0.182. The van der Waals surface area contributed by atoms with Crippen molar-refractivity contribution in [2.24, 2.45) is 51.3 Å². The molecule has 4 saturated carbocycles. The van der Waals surface area contributed by atoms with Crippen LogP contribution in [0.4, 0.5) is 5.69 Å². The van der Waals surface area contributed by atoms with Gasteiger partial charge in [-0.2, -0.15) is 4.99 Å². The fourth-order valence-corrected chi connectivity index (χ4v) is 10.0. The second-order valence-electron chi connectivity index (χ2n) is 13.7. The number of nitrogens with zero attached hydrogens (tertiary/aromatic N) is 1. The zero-order chi connectivity index (χ0) is 28.8. The second kappa shape index (κ2) is 11.3. The number of carboxylic acids is 1. The molecule has 11 atom stereocenters. The van der Waals surface area contributed by atoms with Crippen LogP contribution in [-0.4, -0.2) is 50.6 Å². The van der Waals surface area contributed by atoms with Gasteiger partial charge in [-0.1, -0.05) is 26.8 Å². The molecule has 1 unspecified atom stereocenters. The number of hydrogen-bond donors (Lipinski definition) is 4. The van der Waals surface area contributed by atoms with Crippen LogP contribution in [0.1, 0.15) is 88.9 Å². The van der Waals surface area contributed by atoms with E-state index in [0.29, 0.717) is 24.1 Å². The molecule has 1 amide bonds. The average molecular weight is 569 g/mol. The molecule has 0 spiro atoms. The Kier molecular flexibility index (Phi) is 8.28. The number of aliphatic imine (C=N–C) groups is 1. The van der Waals surface area contributed by atoms with Crippen LogP contribution in [0.5, 0.6) is 0 Å². The summed E-state index contributed by atoms with van der Waals surface area (Å²) in [6.45, 7) is 6.75. The largest absolute Gasteiger partial charge is 0.481 e. The van der Waals surface area contributed by atoms with Crippen molar-refractivity contribution < 1.29 is 24.9 Å². The summed E-state index contributed by atoms with van der Waals surface area (Å²) >= 11 is 4.74. The van der Waals surface area contributed by atoms with Gasteiger partial charge in [0.05, 0.1) is 23.1 Å². The lowest BCUT2D eigenvalue weighted by Gasteiger charge is -2.64. The van der Waals surface area contributed by atoms with Gasteiger partial charge in [0.15, 0.2) is 0 Å². The molecule has 40 heavy (non-hydrogen) atoms. The number of isothiocyanates is 1. The van der Waals surface area contributed by atoms with E-state index in [1.165, 1.54) is 0 Å². The molecule has 5 rings (SSSR count). The smallest absolute Gasteiger partial charge is 0.303 e. The van der Waals surface area contributed by atoms with E-state index < -0.39 is 12.1 Å². The molecule has 4 fully saturated rings. The normalized spacial score (nSPS) is 41.0. The maximum absolute atomic E-state index is 13.7. The maximum Gasteiger partial charge on any atom is 0.303 e. The molecule has 0 radical (unpaired) electrons. The number of aliphatic carboxylic acids is 1. The van der Waals surface area contributed by atoms with Gasteiger partial charge in [-0.3, -0.25) is 9.59 Å². The van der Waals surface area contributed by atoms with E-state index in [9.17, 15) is 24.9 Å². The van der Waals surface area contributed by atoms with Gasteiger partial charge in [-0.25, -0.2) is 0 Å². The number of rotatable bonds is 7. The number of thiocarbonyl (C=S) groups is 1. The molecular formula is C32H44N2O5S. The topological polar surface area (TPSA) is 119 Å². The van der Waals surface area contributed by atoms with E-state index in [0.717, 1.165) is 38.5 Å². The molecule has 0 aromatic heterocycles. The summed E-state index contributed by atoms with van der Waals surface area (Å²) in [4.78, 5) is 29.0. The molecular weight excluding hydrogens is 524 g/mol. The van der Waals surface area contributed by atoms with Crippen LogP contribution in [0, 0.1) is 46.3 Å². The molecule has 0 heterocycles. The molecule has 1 aromatic rings. The van der Waals surface area contributed by atoms with Gasteiger partial charge in [0, 0.05) is 18.0 Å². The molecule has 4 aliphatic rings. The van der Waals surface area contributed by atoms with Crippen LogP contribution in [0.15, 0.2) is 29.3 Å². The summed E-state index contributed by atoms with van der Waals surface area (Å²) in [5.74, 6) is 0.505. The van der Waals surface area contributed by atoms with Gasteiger partial charge >= 0.3 is 5.97 Å². The van der Waals surface area contributed by atoms with Crippen LogP contribution in [0.3, 0.4) is 0 Å². The lowest BCUT2D eigenvalue weighted by Crippen LogP contribution is -2.65. The van der Waals surface area contributed by atoms with E-state index in [1.807, 2.05) is 0 Å². The van der Waals surface area contributed by atoms with Gasteiger partial charge in [0.2, 0.25) is 0 Å². The molecule has 0 aliphatic heterocycles. The minimum absolute atomic E-state index is 0.00830. The summed E-state index contributed by atoms with van der Waals surface area (Å²) < 4.78 is 0. The number of carbonyl (C=O) groups is 2. The number of nitrogens with one attached hydrogen (secondary N) is 1. The molecule has 4 N–H and O–H groups in total. The first-order chi connectivity index (χ1) is 19.0. The highest BCUT2D eigenvalue weighted by Gasteiger charge is 2.66. The minimum atomic E-state index is -0.773. The van der Waals surface area contributed by atoms with Crippen molar-refractivity contribution in [3.8, 4) is 0 Å². The molecule has 0 saturated heterocycles.